The van der Waals surface area contributed by atoms with Crippen LogP contribution in [-0.2, 0) is 17.8 Å². The van der Waals surface area contributed by atoms with Crippen LogP contribution < -0.4 is 10.6 Å². The van der Waals surface area contributed by atoms with Gasteiger partial charge >= 0.3 is 0 Å². The minimum Gasteiger partial charge on any atom is -0.459 e. The van der Waals surface area contributed by atoms with Crippen molar-refractivity contribution in [1.29, 1.82) is 0 Å². The Morgan fingerprint density at radius 3 is 2.45 bits per heavy atom. The fourth-order valence-electron chi connectivity index (χ4n) is 3.42. The minimum atomic E-state index is -0.303. The molecular weight excluding hydrogens is 394 g/mol. The summed E-state index contributed by atoms with van der Waals surface area (Å²) in [7, 11) is 0. The molecule has 0 spiro atoms. The van der Waals surface area contributed by atoms with Gasteiger partial charge in [-0.15, -0.1) is 0 Å². The standard InChI is InChI=1S/C24H25N3O4/c28-23(20-4-1-3-19(15-20)17-27-10-13-30-14-11-27)25-16-18-6-8-21(9-7-18)26-24(29)22-5-2-12-31-22/h1-9,12,15H,10-11,13-14,16-17H2,(H,25,28)(H,26,29). The summed E-state index contributed by atoms with van der Waals surface area (Å²) in [6.07, 6.45) is 1.46. The molecule has 1 aromatic heterocycles. The summed E-state index contributed by atoms with van der Waals surface area (Å²) < 4.78 is 10.5. The van der Waals surface area contributed by atoms with E-state index in [4.69, 9.17) is 9.15 Å². The molecular formula is C24H25N3O4. The van der Waals surface area contributed by atoms with Crippen molar-refractivity contribution in [2.45, 2.75) is 13.1 Å². The van der Waals surface area contributed by atoms with Crippen LogP contribution in [0.1, 0.15) is 32.0 Å². The van der Waals surface area contributed by atoms with E-state index in [0.29, 0.717) is 17.8 Å². The second kappa shape index (κ2) is 10.1. The highest BCUT2D eigenvalue weighted by molar-refractivity contribution is 6.02. The molecule has 4 rings (SSSR count). The molecule has 160 valence electrons. The largest absolute Gasteiger partial charge is 0.459 e. The van der Waals surface area contributed by atoms with Crippen LogP contribution in [0.4, 0.5) is 5.69 Å². The van der Waals surface area contributed by atoms with Crippen molar-refractivity contribution >= 4 is 17.5 Å². The van der Waals surface area contributed by atoms with Crippen LogP contribution in [0.3, 0.4) is 0 Å². The topological polar surface area (TPSA) is 83.8 Å². The molecule has 31 heavy (non-hydrogen) atoms. The quantitative estimate of drug-likeness (QED) is 0.614. The molecule has 0 aliphatic carbocycles. The SMILES string of the molecule is O=C(NCc1ccc(NC(=O)c2ccco2)cc1)c1cccc(CN2CCOCC2)c1. The van der Waals surface area contributed by atoms with E-state index in [2.05, 4.69) is 15.5 Å². The Bertz CT molecular complexity index is 1010. The Labute approximate surface area is 181 Å². The lowest BCUT2D eigenvalue weighted by Gasteiger charge is -2.26. The monoisotopic (exact) mass is 419 g/mol. The summed E-state index contributed by atoms with van der Waals surface area (Å²) in [4.78, 5) is 26.9. The van der Waals surface area contributed by atoms with Gasteiger partial charge in [0.2, 0.25) is 0 Å². The molecule has 2 heterocycles. The van der Waals surface area contributed by atoms with Gasteiger partial charge in [0.1, 0.15) is 0 Å². The van der Waals surface area contributed by atoms with Crippen molar-refractivity contribution in [3.8, 4) is 0 Å². The van der Waals surface area contributed by atoms with Gasteiger partial charge in [-0.05, 0) is 47.5 Å². The van der Waals surface area contributed by atoms with Crippen molar-refractivity contribution < 1.29 is 18.7 Å². The molecule has 2 N–H and O–H groups in total. The summed E-state index contributed by atoms with van der Waals surface area (Å²) in [5.74, 6) is -0.158. The normalized spacial score (nSPS) is 14.2. The maximum atomic E-state index is 12.6. The van der Waals surface area contributed by atoms with E-state index in [1.54, 1.807) is 24.3 Å². The lowest BCUT2D eigenvalue weighted by molar-refractivity contribution is 0.0342. The average molecular weight is 419 g/mol. The number of carbonyl (C=O) groups excluding carboxylic acids is 2. The predicted molar refractivity (Wildman–Crippen MR) is 117 cm³/mol. The number of hydrogen-bond acceptors (Lipinski definition) is 5. The summed E-state index contributed by atoms with van der Waals surface area (Å²) in [6.45, 7) is 4.55. The molecule has 2 amide bonds. The number of nitrogens with one attached hydrogen (secondary N) is 2. The number of ether oxygens (including phenoxy) is 1. The van der Waals surface area contributed by atoms with Crippen molar-refractivity contribution in [2.75, 3.05) is 31.6 Å². The van der Waals surface area contributed by atoms with Crippen molar-refractivity contribution in [2.24, 2.45) is 0 Å². The molecule has 0 radical (unpaired) electrons. The number of amides is 2. The summed E-state index contributed by atoms with van der Waals surface area (Å²) in [5, 5.41) is 5.72. The van der Waals surface area contributed by atoms with Crippen molar-refractivity contribution in [3.05, 3.63) is 89.4 Å². The zero-order valence-corrected chi connectivity index (χ0v) is 17.2. The van der Waals surface area contributed by atoms with Gasteiger partial charge < -0.3 is 19.8 Å². The smallest absolute Gasteiger partial charge is 0.291 e. The molecule has 0 unspecified atom stereocenters. The van der Waals surface area contributed by atoms with Gasteiger partial charge in [0.25, 0.3) is 11.8 Å². The highest BCUT2D eigenvalue weighted by Gasteiger charge is 2.12. The number of hydrogen-bond donors (Lipinski definition) is 2. The van der Waals surface area contributed by atoms with E-state index in [9.17, 15) is 9.59 Å². The first-order chi connectivity index (χ1) is 15.2. The highest BCUT2D eigenvalue weighted by Crippen LogP contribution is 2.13. The highest BCUT2D eigenvalue weighted by atomic mass is 16.5. The lowest BCUT2D eigenvalue weighted by atomic mass is 10.1. The zero-order valence-electron chi connectivity index (χ0n) is 17.2. The van der Waals surface area contributed by atoms with Gasteiger partial charge in [-0.2, -0.15) is 0 Å². The van der Waals surface area contributed by atoms with Gasteiger partial charge in [0.15, 0.2) is 5.76 Å². The molecule has 1 fully saturated rings. The fourth-order valence-corrected chi connectivity index (χ4v) is 3.42. The second-order valence-electron chi connectivity index (χ2n) is 7.40. The van der Waals surface area contributed by atoms with E-state index in [0.717, 1.165) is 44.0 Å². The average Bonchev–Trinajstić information content (AvgIpc) is 3.35. The summed E-state index contributed by atoms with van der Waals surface area (Å²) in [6, 6.07) is 18.3. The van der Waals surface area contributed by atoms with Gasteiger partial charge in [-0.3, -0.25) is 14.5 Å². The third-order valence-corrected chi connectivity index (χ3v) is 5.11. The van der Waals surface area contributed by atoms with Crippen molar-refractivity contribution in [3.63, 3.8) is 0 Å². The van der Waals surface area contributed by atoms with Gasteiger partial charge in [-0.25, -0.2) is 0 Å². The maximum absolute atomic E-state index is 12.6. The third-order valence-electron chi connectivity index (χ3n) is 5.11. The second-order valence-corrected chi connectivity index (χ2v) is 7.40. The van der Waals surface area contributed by atoms with Crippen molar-refractivity contribution in [1.82, 2.24) is 10.2 Å². The minimum absolute atomic E-state index is 0.112. The van der Waals surface area contributed by atoms with Crippen LogP contribution in [0.2, 0.25) is 0 Å². The van der Waals surface area contributed by atoms with E-state index >= 15 is 0 Å². The molecule has 0 saturated carbocycles. The predicted octanol–water partition coefficient (Wildman–Crippen LogP) is 3.29. The first-order valence-corrected chi connectivity index (χ1v) is 10.3. The summed E-state index contributed by atoms with van der Waals surface area (Å²) >= 11 is 0. The number of carbonyl (C=O) groups is 2. The Hall–Kier alpha value is -3.42. The van der Waals surface area contributed by atoms with E-state index in [1.165, 1.54) is 6.26 Å². The number of morpholine rings is 1. The van der Waals surface area contributed by atoms with Crippen LogP contribution in [-0.4, -0.2) is 43.0 Å². The Morgan fingerprint density at radius 1 is 0.903 bits per heavy atom. The number of furan rings is 1. The molecule has 1 aliphatic rings. The molecule has 1 aliphatic heterocycles. The molecule has 2 aromatic carbocycles. The lowest BCUT2D eigenvalue weighted by Crippen LogP contribution is -2.35. The number of anilines is 1. The van der Waals surface area contributed by atoms with Crippen LogP contribution in [0, 0.1) is 0 Å². The fraction of sp³-hybridized carbons (Fsp3) is 0.250. The van der Waals surface area contributed by atoms with E-state index in [1.807, 2.05) is 36.4 Å². The Kier molecular flexibility index (Phi) is 6.76. The Morgan fingerprint density at radius 2 is 1.71 bits per heavy atom. The molecule has 0 bridgehead atoms. The summed E-state index contributed by atoms with van der Waals surface area (Å²) in [5.41, 5.74) is 3.36. The molecule has 7 nitrogen and oxygen atoms in total. The van der Waals surface area contributed by atoms with Gasteiger partial charge in [0.05, 0.1) is 19.5 Å². The first kappa shape index (κ1) is 20.8. The molecule has 1 saturated heterocycles. The van der Waals surface area contributed by atoms with Crippen LogP contribution in [0.15, 0.2) is 71.3 Å². The number of rotatable bonds is 7. The van der Waals surface area contributed by atoms with E-state index < -0.39 is 0 Å². The number of benzene rings is 2. The molecule has 0 atom stereocenters. The van der Waals surface area contributed by atoms with Gasteiger partial charge in [-0.1, -0.05) is 24.3 Å². The third kappa shape index (κ3) is 5.81. The molecule has 3 aromatic rings. The van der Waals surface area contributed by atoms with Crippen LogP contribution in [0.25, 0.3) is 0 Å². The Balaban J connectivity index is 1.29. The van der Waals surface area contributed by atoms with Crippen LogP contribution in [0.5, 0.6) is 0 Å². The van der Waals surface area contributed by atoms with Gasteiger partial charge in [0, 0.05) is 37.4 Å². The first-order valence-electron chi connectivity index (χ1n) is 10.3. The number of nitrogens with zero attached hydrogens (tertiary/aromatic N) is 1. The van der Waals surface area contributed by atoms with Crippen LogP contribution >= 0.6 is 0 Å². The van der Waals surface area contributed by atoms with E-state index in [-0.39, 0.29) is 17.6 Å². The zero-order chi connectivity index (χ0) is 21.5. The maximum Gasteiger partial charge on any atom is 0.291 e. The molecule has 7 heteroatoms.